The summed E-state index contributed by atoms with van der Waals surface area (Å²) in [6.07, 6.45) is 15.1. The van der Waals surface area contributed by atoms with Crippen LogP contribution in [0.3, 0.4) is 0 Å². The molecule has 160 valence electrons. The van der Waals surface area contributed by atoms with Gasteiger partial charge in [0.15, 0.2) is 0 Å². The Morgan fingerprint density at radius 2 is 1.72 bits per heavy atom. The maximum absolute atomic E-state index is 12.8. The Bertz CT molecular complexity index is 623. The number of carbonyl (C=O) groups is 1. The summed E-state index contributed by atoms with van der Waals surface area (Å²) < 4.78 is 0. The molecule has 5 nitrogen and oxygen atoms in total. The molecular formula is C24H38N4O. The van der Waals surface area contributed by atoms with E-state index < -0.39 is 0 Å². The fraction of sp³-hybridized carbons (Fsp3) is 0.750. The van der Waals surface area contributed by atoms with Crippen molar-refractivity contribution in [3.8, 4) is 0 Å². The minimum Gasteiger partial charge on any atom is -0.356 e. The molecule has 1 saturated carbocycles. The van der Waals surface area contributed by atoms with Crippen LogP contribution in [0.2, 0.25) is 0 Å². The van der Waals surface area contributed by atoms with Crippen molar-refractivity contribution in [3.63, 3.8) is 0 Å². The zero-order chi connectivity index (χ0) is 19.9. The summed E-state index contributed by atoms with van der Waals surface area (Å²) in [6, 6.07) is 4.89. The summed E-state index contributed by atoms with van der Waals surface area (Å²) in [5.41, 5.74) is 1.35. The molecule has 1 aliphatic carbocycles. The molecule has 0 bridgehead atoms. The monoisotopic (exact) mass is 398 g/mol. The van der Waals surface area contributed by atoms with Crippen LogP contribution in [0.25, 0.3) is 0 Å². The Labute approximate surface area is 176 Å². The number of likely N-dealkylation sites (tertiary alicyclic amines) is 2. The third-order valence-corrected chi connectivity index (χ3v) is 7.34. The molecule has 4 rings (SSSR count). The first kappa shape index (κ1) is 20.8. The summed E-state index contributed by atoms with van der Waals surface area (Å²) in [5.74, 6) is 1.23. The highest BCUT2D eigenvalue weighted by molar-refractivity contribution is 5.79. The van der Waals surface area contributed by atoms with E-state index in [0.29, 0.717) is 11.9 Å². The Balaban J connectivity index is 1.20. The molecule has 1 amide bonds. The second-order valence-electron chi connectivity index (χ2n) is 9.45. The van der Waals surface area contributed by atoms with Gasteiger partial charge >= 0.3 is 0 Å². The number of rotatable bonds is 6. The average Bonchev–Trinajstić information content (AvgIpc) is 2.79. The zero-order valence-electron chi connectivity index (χ0n) is 17.9. The Kier molecular flexibility index (Phi) is 7.55. The second-order valence-corrected chi connectivity index (χ2v) is 9.45. The molecule has 3 heterocycles. The van der Waals surface area contributed by atoms with Crippen LogP contribution in [0.1, 0.15) is 63.4 Å². The molecular weight excluding hydrogens is 360 g/mol. The lowest BCUT2D eigenvalue weighted by Crippen LogP contribution is -2.51. The smallest absolute Gasteiger partial charge is 0.224 e. The van der Waals surface area contributed by atoms with E-state index in [1.54, 1.807) is 0 Å². The van der Waals surface area contributed by atoms with Gasteiger partial charge in [-0.2, -0.15) is 0 Å². The fourth-order valence-corrected chi connectivity index (χ4v) is 5.52. The van der Waals surface area contributed by atoms with Gasteiger partial charge in [-0.3, -0.25) is 19.6 Å². The standard InChI is InChI=1S/C24H38N4O/c29-24(26-17-20-5-2-1-3-6-20)22-7-4-14-28(19-22)23-10-15-27(16-11-23)18-21-8-12-25-13-9-21/h8-9,12-13,20,22-23H,1-7,10-11,14-19H2,(H,26,29)/t22-/m1/s1. The van der Waals surface area contributed by atoms with Gasteiger partial charge in [0.1, 0.15) is 0 Å². The van der Waals surface area contributed by atoms with Crippen molar-refractivity contribution in [2.24, 2.45) is 11.8 Å². The highest BCUT2D eigenvalue weighted by atomic mass is 16.1. The van der Waals surface area contributed by atoms with Crippen LogP contribution in [0.15, 0.2) is 24.5 Å². The molecule has 3 aliphatic rings. The first-order valence-corrected chi connectivity index (χ1v) is 11.9. The van der Waals surface area contributed by atoms with E-state index in [1.807, 2.05) is 12.4 Å². The molecule has 1 aromatic rings. The normalized spacial score (nSPS) is 25.7. The fourth-order valence-electron chi connectivity index (χ4n) is 5.52. The van der Waals surface area contributed by atoms with Gasteiger partial charge in [-0.25, -0.2) is 0 Å². The zero-order valence-corrected chi connectivity index (χ0v) is 17.9. The van der Waals surface area contributed by atoms with E-state index in [-0.39, 0.29) is 5.92 Å². The number of hydrogen-bond donors (Lipinski definition) is 1. The first-order valence-electron chi connectivity index (χ1n) is 11.9. The SMILES string of the molecule is O=C(NCC1CCCCC1)[C@@H]1CCCN(C2CCN(Cc3ccncc3)CC2)C1. The van der Waals surface area contributed by atoms with Gasteiger partial charge in [-0.15, -0.1) is 0 Å². The summed E-state index contributed by atoms with van der Waals surface area (Å²) >= 11 is 0. The number of nitrogens with one attached hydrogen (secondary N) is 1. The predicted octanol–water partition coefficient (Wildman–Crippen LogP) is 3.45. The average molecular weight is 399 g/mol. The van der Waals surface area contributed by atoms with Crippen LogP contribution in [0.4, 0.5) is 0 Å². The van der Waals surface area contributed by atoms with E-state index >= 15 is 0 Å². The number of amides is 1. The molecule has 3 fully saturated rings. The van der Waals surface area contributed by atoms with E-state index in [4.69, 9.17) is 0 Å². The molecule has 29 heavy (non-hydrogen) atoms. The molecule has 2 saturated heterocycles. The minimum absolute atomic E-state index is 0.196. The Hall–Kier alpha value is -1.46. The lowest BCUT2D eigenvalue weighted by molar-refractivity contribution is -0.127. The largest absolute Gasteiger partial charge is 0.356 e. The van der Waals surface area contributed by atoms with Gasteiger partial charge in [0, 0.05) is 38.1 Å². The van der Waals surface area contributed by atoms with E-state index in [9.17, 15) is 4.79 Å². The summed E-state index contributed by atoms with van der Waals surface area (Å²) in [6.45, 7) is 6.38. The number of aromatic nitrogens is 1. The van der Waals surface area contributed by atoms with Gasteiger partial charge in [0.2, 0.25) is 5.91 Å². The van der Waals surface area contributed by atoms with Gasteiger partial charge in [-0.05, 0) is 81.8 Å². The van der Waals surface area contributed by atoms with Crippen LogP contribution in [-0.2, 0) is 11.3 Å². The topological polar surface area (TPSA) is 48.5 Å². The molecule has 0 unspecified atom stereocenters. The molecule has 1 aromatic heterocycles. The van der Waals surface area contributed by atoms with Crippen LogP contribution in [0, 0.1) is 11.8 Å². The lowest BCUT2D eigenvalue weighted by Gasteiger charge is -2.42. The van der Waals surface area contributed by atoms with Gasteiger partial charge in [0.05, 0.1) is 5.92 Å². The molecule has 0 aromatic carbocycles. The van der Waals surface area contributed by atoms with Crippen LogP contribution >= 0.6 is 0 Å². The number of pyridine rings is 1. The van der Waals surface area contributed by atoms with Crippen molar-refractivity contribution in [2.75, 3.05) is 32.7 Å². The highest BCUT2D eigenvalue weighted by Gasteiger charge is 2.31. The Morgan fingerprint density at radius 3 is 2.48 bits per heavy atom. The Morgan fingerprint density at radius 1 is 0.966 bits per heavy atom. The number of piperidine rings is 2. The maximum Gasteiger partial charge on any atom is 0.224 e. The van der Waals surface area contributed by atoms with Crippen LogP contribution in [0.5, 0.6) is 0 Å². The summed E-state index contributed by atoms with van der Waals surface area (Å²) in [7, 11) is 0. The number of hydrogen-bond acceptors (Lipinski definition) is 4. The lowest BCUT2D eigenvalue weighted by atomic mass is 9.89. The molecule has 5 heteroatoms. The number of nitrogens with zero attached hydrogens (tertiary/aromatic N) is 3. The van der Waals surface area contributed by atoms with Crippen LogP contribution < -0.4 is 5.32 Å². The third-order valence-electron chi connectivity index (χ3n) is 7.34. The van der Waals surface area contributed by atoms with Crippen molar-refractivity contribution < 1.29 is 4.79 Å². The molecule has 0 radical (unpaired) electrons. The molecule has 2 aliphatic heterocycles. The van der Waals surface area contributed by atoms with Gasteiger partial charge < -0.3 is 5.32 Å². The summed E-state index contributed by atoms with van der Waals surface area (Å²) in [4.78, 5) is 22.1. The van der Waals surface area contributed by atoms with Crippen molar-refractivity contribution in [1.82, 2.24) is 20.1 Å². The molecule has 1 N–H and O–H groups in total. The molecule has 0 spiro atoms. The van der Waals surface area contributed by atoms with E-state index in [0.717, 1.165) is 45.1 Å². The maximum atomic E-state index is 12.8. The van der Waals surface area contributed by atoms with Crippen molar-refractivity contribution in [2.45, 2.75) is 70.4 Å². The van der Waals surface area contributed by atoms with Crippen molar-refractivity contribution >= 4 is 5.91 Å². The van der Waals surface area contributed by atoms with Gasteiger partial charge in [0.25, 0.3) is 0 Å². The van der Waals surface area contributed by atoms with Gasteiger partial charge in [-0.1, -0.05) is 19.3 Å². The number of carbonyl (C=O) groups excluding carboxylic acids is 1. The minimum atomic E-state index is 0.196. The second kappa shape index (κ2) is 10.5. The van der Waals surface area contributed by atoms with Crippen molar-refractivity contribution in [3.05, 3.63) is 30.1 Å². The predicted molar refractivity (Wildman–Crippen MR) is 116 cm³/mol. The van der Waals surface area contributed by atoms with Crippen molar-refractivity contribution in [1.29, 1.82) is 0 Å². The van der Waals surface area contributed by atoms with E-state index in [2.05, 4.69) is 32.2 Å². The van der Waals surface area contributed by atoms with Crippen LogP contribution in [-0.4, -0.2) is 59.5 Å². The summed E-state index contributed by atoms with van der Waals surface area (Å²) in [5, 5.41) is 3.30. The third kappa shape index (κ3) is 6.02. The molecule has 1 atom stereocenters. The van der Waals surface area contributed by atoms with E-state index in [1.165, 1.54) is 63.5 Å². The quantitative estimate of drug-likeness (QED) is 0.797. The highest BCUT2D eigenvalue weighted by Crippen LogP contribution is 2.26. The first-order chi connectivity index (χ1) is 14.3.